The summed E-state index contributed by atoms with van der Waals surface area (Å²) in [6.07, 6.45) is 0.647. The van der Waals surface area contributed by atoms with Crippen molar-refractivity contribution in [2.45, 2.75) is 19.4 Å². The number of phenols is 1. The molecule has 0 fully saturated rings. The van der Waals surface area contributed by atoms with Crippen molar-refractivity contribution >= 4 is 6.29 Å². The fourth-order valence-electron chi connectivity index (χ4n) is 1.14. The third-order valence-corrected chi connectivity index (χ3v) is 1.82. The number of benzene rings is 1. The maximum absolute atomic E-state index is 10.3. The molecule has 0 aliphatic heterocycles. The Labute approximate surface area is 76.6 Å². The summed E-state index contributed by atoms with van der Waals surface area (Å²) in [5.41, 5.74) is -0.283. The van der Waals surface area contributed by atoms with Crippen LogP contribution in [0.15, 0.2) is 18.2 Å². The summed E-state index contributed by atoms with van der Waals surface area (Å²) in [6, 6.07) is 4.43. The first kappa shape index (κ1) is 9.74. The molecule has 0 amide bonds. The molecule has 3 heteroatoms. The largest absolute Gasteiger partial charge is 0.508 e. The van der Waals surface area contributed by atoms with Gasteiger partial charge in [0.15, 0.2) is 0 Å². The minimum absolute atomic E-state index is 0.0582. The lowest BCUT2D eigenvalue weighted by Crippen LogP contribution is -2.15. The van der Waals surface area contributed by atoms with Gasteiger partial charge < -0.3 is 10.2 Å². The Bertz CT molecular complexity index is 323. The summed E-state index contributed by atoms with van der Waals surface area (Å²) in [7, 11) is 0. The number of rotatable bonds is 2. The van der Waals surface area contributed by atoms with Gasteiger partial charge in [-0.1, -0.05) is 12.1 Å². The Morgan fingerprint density at radius 1 is 1.38 bits per heavy atom. The van der Waals surface area contributed by atoms with E-state index in [0.717, 1.165) is 0 Å². The van der Waals surface area contributed by atoms with Crippen LogP contribution in [-0.4, -0.2) is 16.5 Å². The van der Waals surface area contributed by atoms with E-state index in [4.69, 9.17) is 0 Å². The van der Waals surface area contributed by atoms with Crippen molar-refractivity contribution in [3.05, 3.63) is 29.3 Å². The Kier molecular flexibility index (Phi) is 2.38. The molecule has 3 nitrogen and oxygen atoms in total. The molecule has 0 spiro atoms. The molecule has 1 aromatic rings. The van der Waals surface area contributed by atoms with Crippen molar-refractivity contribution in [2.75, 3.05) is 0 Å². The summed E-state index contributed by atoms with van der Waals surface area (Å²) in [4.78, 5) is 10.3. The molecule has 70 valence electrons. The molecule has 0 heterocycles. The Morgan fingerprint density at radius 2 is 2.00 bits per heavy atom. The number of aromatic hydroxyl groups is 1. The van der Waals surface area contributed by atoms with E-state index in [0.29, 0.717) is 17.4 Å². The van der Waals surface area contributed by atoms with E-state index in [9.17, 15) is 15.0 Å². The number of hydrogen-bond acceptors (Lipinski definition) is 3. The number of phenolic OH excluding ortho intramolecular Hbond substituents is 1. The van der Waals surface area contributed by atoms with E-state index in [2.05, 4.69) is 0 Å². The first-order chi connectivity index (χ1) is 5.95. The zero-order chi connectivity index (χ0) is 10.1. The van der Waals surface area contributed by atoms with Gasteiger partial charge in [0.1, 0.15) is 12.0 Å². The van der Waals surface area contributed by atoms with Crippen LogP contribution in [0.3, 0.4) is 0 Å². The van der Waals surface area contributed by atoms with E-state index in [1.807, 2.05) is 0 Å². The van der Waals surface area contributed by atoms with E-state index >= 15 is 0 Å². The number of aliphatic hydroxyl groups is 1. The lowest BCUT2D eigenvalue weighted by molar-refractivity contribution is 0.0757. The second kappa shape index (κ2) is 3.18. The van der Waals surface area contributed by atoms with Gasteiger partial charge in [-0.15, -0.1) is 0 Å². The summed E-state index contributed by atoms with van der Waals surface area (Å²) < 4.78 is 0. The van der Waals surface area contributed by atoms with Crippen LogP contribution in [-0.2, 0) is 5.60 Å². The van der Waals surface area contributed by atoms with Crippen molar-refractivity contribution in [1.82, 2.24) is 0 Å². The molecule has 2 N–H and O–H groups in total. The third-order valence-electron chi connectivity index (χ3n) is 1.82. The van der Waals surface area contributed by atoms with Crippen molar-refractivity contribution in [3.8, 4) is 5.75 Å². The van der Waals surface area contributed by atoms with E-state index in [1.165, 1.54) is 6.07 Å². The first-order valence-corrected chi connectivity index (χ1v) is 3.96. The Hall–Kier alpha value is -1.35. The van der Waals surface area contributed by atoms with Gasteiger partial charge in [0.25, 0.3) is 0 Å². The first-order valence-electron chi connectivity index (χ1n) is 3.96. The predicted molar refractivity (Wildman–Crippen MR) is 48.7 cm³/mol. The molecule has 0 saturated carbocycles. The normalized spacial score (nSPS) is 11.3. The fraction of sp³-hybridized carbons (Fsp3) is 0.300. The zero-order valence-corrected chi connectivity index (χ0v) is 7.61. The van der Waals surface area contributed by atoms with Crippen molar-refractivity contribution in [3.63, 3.8) is 0 Å². The van der Waals surface area contributed by atoms with Gasteiger partial charge >= 0.3 is 0 Å². The monoisotopic (exact) mass is 180 g/mol. The molecular weight excluding hydrogens is 168 g/mol. The highest BCUT2D eigenvalue weighted by Crippen LogP contribution is 2.28. The van der Waals surface area contributed by atoms with E-state index in [1.54, 1.807) is 26.0 Å². The highest BCUT2D eigenvalue weighted by Gasteiger charge is 2.19. The summed E-state index contributed by atoms with van der Waals surface area (Å²) in [5, 5.41) is 19.0. The number of aldehydes is 1. The van der Waals surface area contributed by atoms with Gasteiger partial charge in [0.2, 0.25) is 0 Å². The maximum Gasteiger partial charge on any atom is 0.150 e. The predicted octanol–water partition coefficient (Wildman–Crippen LogP) is 1.43. The lowest BCUT2D eigenvalue weighted by Gasteiger charge is -2.18. The maximum atomic E-state index is 10.3. The van der Waals surface area contributed by atoms with Gasteiger partial charge in [0.05, 0.1) is 5.60 Å². The average Bonchev–Trinajstić information content (AvgIpc) is 2.01. The topological polar surface area (TPSA) is 57.5 Å². The molecule has 0 unspecified atom stereocenters. The minimum atomic E-state index is -1.09. The molecule has 1 aromatic carbocycles. The van der Waals surface area contributed by atoms with Crippen molar-refractivity contribution in [1.29, 1.82) is 0 Å². The Balaban J connectivity index is 3.20. The SMILES string of the molecule is CC(C)(O)c1ccc(C=O)cc1O. The van der Waals surface area contributed by atoms with Crippen LogP contribution >= 0.6 is 0 Å². The fourth-order valence-corrected chi connectivity index (χ4v) is 1.14. The van der Waals surface area contributed by atoms with Crippen molar-refractivity contribution < 1.29 is 15.0 Å². The summed E-state index contributed by atoms with van der Waals surface area (Å²) >= 11 is 0. The van der Waals surface area contributed by atoms with Crippen LogP contribution in [0.5, 0.6) is 5.75 Å². The quantitative estimate of drug-likeness (QED) is 0.677. The Morgan fingerprint density at radius 3 is 2.38 bits per heavy atom. The third kappa shape index (κ3) is 2.06. The molecule has 0 radical (unpaired) electrons. The number of carbonyl (C=O) groups is 1. The summed E-state index contributed by atoms with van der Waals surface area (Å²) in [5.74, 6) is -0.0582. The van der Waals surface area contributed by atoms with Gasteiger partial charge in [-0.2, -0.15) is 0 Å². The molecule has 0 aliphatic carbocycles. The minimum Gasteiger partial charge on any atom is -0.508 e. The zero-order valence-electron chi connectivity index (χ0n) is 7.61. The second-order valence-corrected chi connectivity index (χ2v) is 3.45. The molecule has 0 aliphatic rings. The average molecular weight is 180 g/mol. The summed E-state index contributed by atoms with van der Waals surface area (Å²) in [6.45, 7) is 3.14. The van der Waals surface area contributed by atoms with E-state index in [-0.39, 0.29) is 5.75 Å². The van der Waals surface area contributed by atoms with Gasteiger partial charge in [-0.3, -0.25) is 4.79 Å². The molecule has 0 saturated heterocycles. The van der Waals surface area contributed by atoms with Crippen LogP contribution < -0.4 is 0 Å². The van der Waals surface area contributed by atoms with E-state index < -0.39 is 5.60 Å². The molecule has 0 atom stereocenters. The molecule has 0 aromatic heterocycles. The lowest BCUT2D eigenvalue weighted by atomic mass is 9.96. The van der Waals surface area contributed by atoms with Crippen LogP contribution in [0, 0.1) is 0 Å². The van der Waals surface area contributed by atoms with Gasteiger partial charge in [-0.05, 0) is 19.9 Å². The van der Waals surface area contributed by atoms with Crippen LogP contribution in [0.25, 0.3) is 0 Å². The molecule has 1 rings (SSSR count). The number of hydrogen-bond donors (Lipinski definition) is 2. The second-order valence-electron chi connectivity index (χ2n) is 3.45. The molecule has 13 heavy (non-hydrogen) atoms. The molecular formula is C10H12O3. The van der Waals surface area contributed by atoms with Crippen LogP contribution in [0.2, 0.25) is 0 Å². The van der Waals surface area contributed by atoms with Gasteiger partial charge in [0, 0.05) is 11.1 Å². The standard InChI is InChI=1S/C10H12O3/c1-10(2,13)8-4-3-7(6-11)5-9(8)12/h3-6,12-13H,1-2H3. The smallest absolute Gasteiger partial charge is 0.150 e. The van der Waals surface area contributed by atoms with Gasteiger partial charge in [-0.25, -0.2) is 0 Å². The van der Waals surface area contributed by atoms with Crippen molar-refractivity contribution in [2.24, 2.45) is 0 Å². The highest BCUT2D eigenvalue weighted by atomic mass is 16.3. The molecule has 0 bridgehead atoms. The number of carbonyl (C=O) groups excluding carboxylic acids is 1. The van der Waals surface area contributed by atoms with Crippen LogP contribution in [0.1, 0.15) is 29.8 Å². The highest BCUT2D eigenvalue weighted by molar-refractivity contribution is 5.75. The van der Waals surface area contributed by atoms with Crippen LogP contribution in [0.4, 0.5) is 0 Å².